The average Bonchev–Trinajstić information content (AvgIpc) is 3.59. The van der Waals surface area contributed by atoms with Crippen LogP contribution in [0, 0.1) is 0 Å². The maximum absolute atomic E-state index is 13.1. The number of aromatic amines is 1. The van der Waals surface area contributed by atoms with Gasteiger partial charge < -0.3 is 4.74 Å². The molecule has 5 aromatic rings. The second-order valence-electron chi connectivity index (χ2n) is 9.09. The lowest BCUT2D eigenvalue weighted by Crippen LogP contribution is -2.12. The Bertz CT molecular complexity index is 1520. The maximum atomic E-state index is 13.1. The number of halogens is 3. The van der Waals surface area contributed by atoms with Gasteiger partial charge in [0.05, 0.1) is 23.0 Å². The lowest BCUT2D eigenvalue weighted by molar-refractivity contribution is -0.137. The fraction of sp³-hybridized carbons (Fsp3) is 0.269. The highest BCUT2D eigenvalue weighted by Crippen LogP contribution is 2.39. The van der Waals surface area contributed by atoms with E-state index in [2.05, 4.69) is 25.7 Å². The Balaban J connectivity index is 1.36. The Hall–Kier alpha value is -4.28. The predicted octanol–water partition coefficient (Wildman–Crippen LogP) is 6.44. The van der Waals surface area contributed by atoms with Gasteiger partial charge in [0.15, 0.2) is 11.5 Å². The third-order valence-corrected chi connectivity index (χ3v) is 6.72. The van der Waals surface area contributed by atoms with E-state index in [0.717, 1.165) is 60.2 Å². The van der Waals surface area contributed by atoms with E-state index in [9.17, 15) is 13.2 Å². The van der Waals surface area contributed by atoms with Gasteiger partial charge in [-0.2, -0.15) is 18.3 Å². The molecule has 0 saturated heterocycles. The Labute approximate surface area is 209 Å². The number of nitrogens with one attached hydrogen (secondary N) is 1. The van der Waals surface area contributed by atoms with Crippen molar-refractivity contribution >= 4 is 5.65 Å². The van der Waals surface area contributed by atoms with E-state index in [1.54, 1.807) is 18.3 Å². The fourth-order valence-corrected chi connectivity index (χ4v) is 4.95. The summed E-state index contributed by atoms with van der Waals surface area (Å²) >= 11 is 0. The number of benzene rings is 2. The van der Waals surface area contributed by atoms with Crippen molar-refractivity contribution in [3.05, 3.63) is 72.2 Å². The summed E-state index contributed by atoms with van der Waals surface area (Å²) in [7, 11) is 0. The first-order chi connectivity index (χ1) is 18.0. The molecule has 1 aliphatic rings. The molecule has 37 heavy (non-hydrogen) atoms. The van der Waals surface area contributed by atoms with Crippen LogP contribution in [0.15, 0.2) is 60.9 Å². The smallest absolute Gasteiger partial charge is 0.416 e. The fourth-order valence-electron chi connectivity index (χ4n) is 4.95. The zero-order chi connectivity index (χ0) is 25.4. The Morgan fingerprint density at radius 1 is 0.919 bits per heavy atom. The number of hydrogen-bond donors (Lipinski definition) is 1. The number of ether oxygens (including phenoxy) is 1. The van der Waals surface area contributed by atoms with Crippen LogP contribution in [0.3, 0.4) is 0 Å². The van der Waals surface area contributed by atoms with E-state index >= 15 is 0 Å². The molecular weight excluding hydrogens is 483 g/mol. The predicted molar refractivity (Wildman–Crippen MR) is 129 cm³/mol. The molecule has 188 valence electrons. The molecule has 0 radical (unpaired) electrons. The molecule has 3 heterocycles. The molecule has 1 N–H and O–H groups in total. The van der Waals surface area contributed by atoms with Gasteiger partial charge in [0, 0.05) is 17.7 Å². The van der Waals surface area contributed by atoms with Gasteiger partial charge in [0.2, 0.25) is 0 Å². The van der Waals surface area contributed by atoms with Crippen LogP contribution >= 0.6 is 0 Å². The van der Waals surface area contributed by atoms with E-state index in [1.165, 1.54) is 18.6 Å². The first kappa shape index (κ1) is 23.1. The summed E-state index contributed by atoms with van der Waals surface area (Å²) in [5, 5.41) is 18.8. The molecule has 1 fully saturated rings. The van der Waals surface area contributed by atoms with Crippen LogP contribution in [0.5, 0.6) is 11.5 Å². The minimum atomic E-state index is -4.43. The van der Waals surface area contributed by atoms with Gasteiger partial charge >= 0.3 is 6.18 Å². The van der Waals surface area contributed by atoms with Crippen molar-refractivity contribution in [2.24, 2.45) is 0 Å². The zero-order valence-electron chi connectivity index (χ0n) is 19.6. The van der Waals surface area contributed by atoms with Gasteiger partial charge in [-0.15, -0.1) is 5.10 Å². The highest BCUT2D eigenvalue weighted by Gasteiger charge is 2.30. The number of hydrogen-bond acceptors (Lipinski definition) is 6. The largest absolute Gasteiger partial charge is 0.457 e. The standard InChI is InChI=1S/C26H22F3N7O/c27-26(28,29)18-7-4-8-20(13-18)37-19-11-9-16(10-12-19)21-14-30-25-22(24-32-34-35-33-24)15-31-36(25)23(21)17-5-2-1-3-6-17/h4,7-15,17H,1-3,5-6H2,(H,32,33,34,35). The van der Waals surface area contributed by atoms with Crippen LogP contribution in [0.25, 0.3) is 28.2 Å². The second kappa shape index (κ2) is 9.30. The summed E-state index contributed by atoms with van der Waals surface area (Å²) in [6.45, 7) is 0. The van der Waals surface area contributed by atoms with Crippen LogP contribution in [0.1, 0.15) is 49.3 Å². The molecule has 11 heteroatoms. The summed E-state index contributed by atoms with van der Waals surface area (Å²) in [4.78, 5) is 4.70. The van der Waals surface area contributed by atoms with Gasteiger partial charge in [-0.3, -0.25) is 0 Å². The molecule has 1 aliphatic carbocycles. The second-order valence-corrected chi connectivity index (χ2v) is 9.09. The summed E-state index contributed by atoms with van der Waals surface area (Å²) in [5.74, 6) is 1.38. The molecule has 3 aromatic heterocycles. The van der Waals surface area contributed by atoms with E-state index < -0.39 is 11.7 Å². The highest BCUT2D eigenvalue weighted by molar-refractivity contribution is 5.75. The van der Waals surface area contributed by atoms with Crippen molar-refractivity contribution in [3.63, 3.8) is 0 Å². The van der Waals surface area contributed by atoms with Gasteiger partial charge in [-0.1, -0.05) is 37.5 Å². The van der Waals surface area contributed by atoms with E-state index in [-0.39, 0.29) is 5.75 Å². The van der Waals surface area contributed by atoms with Crippen LogP contribution in [-0.2, 0) is 6.18 Å². The molecular formula is C26H22F3N7O. The number of tetrazole rings is 1. The van der Waals surface area contributed by atoms with Gasteiger partial charge in [0.1, 0.15) is 11.5 Å². The topological polar surface area (TPSA) is 93.9 Å². The van der Waals surface area contributed by atoms with E-state index in [0.29, 0.717) is 23.1 Å². The van der Waals surface area contributed by atoms with Crippen LogP contribution in [-0.4, -0.2) is 35.2 Å². The maximum Gasteiger partial charge on any atom is 0.416 e. The van der Waals surface area contributed by atoms with Crippen molar-refractivity contribution in [2.75, 3.05) is 0 Å². The lowest BCUT2D eigenvalue weighted by Gasteiger charge is -2.25. The molecule has 0 aliphatic heterocycles. The highest BCUT2D eigenvalue weighted by atomic mass is 19.4. The first-order valence-electron chi connectivity index (χ1n) is 12.0. The Morgan fingerprint density at radius 2 is 1.73 bits per heavy atom. The Morgan fingerprint density at radius 3 is 2.46 bits per heavy atom. The molecule has 1 saturated carbocycles. The number of aromatic nitrogens is 7. The number of rotatable bonds is 5. The van der Waals surface area contributed by atoms with Crippen molar-refractivity contribution < 1.29 is 17.9 Å². The van der Waals surface area contributed by atoms with Gasteiger partial charge in [-0.25, -0.2) is 14.6 Å². The summed E-state index contributed by atoms with van der Waals surface area (Å²) < 4.78 is 46.7. The average molecular weight is 506 g/mol. The molecule has 0 atom stereocenters. The Kier molecular flexibility index (Phi) is 5.82. The number of nitrogens with zero attached hydrogens (tertiary/aromatic N) is 6. The van der Waals surface area contributed by atoms with Crippen molar-refractivity contribution in [3.8, 4) is 34.0 Å². The normalized spacial score (nSPS) is 14.8. The zero-order valence-corrected chi connectivity index (χ0v) is 19.6. The lowest BCUT2D eigenvalue weighted by atomic mass is 9.84. The SMILES string of the molecule is FC(F)(F)c1cccc(Oc2ccc(-c3cnc4c(-c5nnn[nH]5)cnn4c3C3CCCCC3)cc2)c1. The van der Waals surface area contributed by atoms with Crippen molar-refractivity contribution in [2.45, 2.75) is 44.2 Å². The molecule has 0 unspecified atom stereocenters. The van der Waals surface area contributed by atoms with Gasteiger partial charge in [-0.05, 0) is 59.2 Å². The summed E-state index contributed by atoms with van der Waals surface area (Å²) in [6.07, 6.45) is 4.76. The van der Waals surface area contributed by atoms with Crippen LogP contribution < -0.4 is 4.74 Å². The van der Waals surface area contributed by atoms with Crippen LogP contribution in [0.4, 0.5) is 13.2 Å². The van der Waals surface area contributed by atoms with E-state index in [4.69, 9.17) is 9.72 Å². The van der Waals surface area contributed by atoms with Crippen molar-refractivity contribution in [1.82, 2.24) is 35.2 Å². The number of alkyl halides is 3. The molecule has 6 rings (SSSR count). The molecule has 8 nitrogen and oxygen atoms in total. The van der Waals surface area contributed by atoms with E-state index in [1.807, 2.05) is 22.8 Å². The molecule has 0 spiro atoms. The first-order valence-corrected chi connectivity index (χ1v) is 12.0. The number of fused-ring (bicyclic) bond motifs is 1. The minimum absolute atomic E-state index is 0.125. The van der Waals surface area contributed by atoms with Crippen LogP contribution in [0.2, 0.25) is 0 Å². The monoisotopic (exact) mass is 505 g/mol. The molecule has 2 aromatic carbocycles. The summed E-state index contributed by atoms with van der Waals surface area (Å²) in [5.41, 5.74) is 3.60. The van der Waals surface area contributed by atoms with Crippen molar-refractivity contribution in [1.29, 1.82) is 0 Å². The molecule has 0 amide bonds. The third kappa shape index (κ3) is 4.52. The summed E-state index contributed by atoms with van der Waals surface area (Å²) in [6, 6.07) is 12.1. The minimum Gasteiger partial charge on any atom is -0.457 e. The quantitative estimate of drug-likeness (QED) is 0.296. The molecule has 0 bridgehead atoms. The number of H-pyrrole nitrogens is 1. The van der Waals surface area contributed by atoms with Gasteiger partial charge in [0.25, 0.3) is 0 Å². The third-order valence-electron chi connectivity index (χ3n) is 6.72.